The Morgan fingerprint density at radius 3 is 2.48 bits per heavy atom. The van der Waals surface area contributed by atoms with Crippen molar-refractivity contribution in [2.24, 2.45) is 7.05 Å². The third-order valence-electron chi connectivity index (χ3n) is 3.37. The van der Waals surface area contributed by atoms with Crippen LogP contribution in [-0.2, 0) is 24.7 Å². The molecule has 0 aliphatic heterocycles. The van der Waals surface area contributed by atoms with Gasteiger partial charge in [0, 0.05) is 25.1 Å². The van der Waals surface area contributed by atoms with E-state index >= 15 is 0 Å². The minimum atomic E-state index is 0.0126. The maximum absolute atomic E-state index is 12.2. The molecule has 1 aromatic heterocycles. The Morgan fingerprint density at radius 1 is 1.29 bits per heavy atom. The van der Waals surface area contributed by atoms with Crippen LogP contribution < -0.4 is 5.32 Å². The van der Waals surface area contributed by atoms with Crippen molar-refractivity contribution >= 4 is 23.4 Å². The van der Waals surface area contributed by atoms with Crippen LogP contribution in [0.25, 0.3) is 0 Å². The molecule has 1 amide bonds. The Hall–Kier alpha value is -1.75. The lowest BCUT2D eigenvalue weighted by molar-refractivity contribution is -0.113. The van der Waals surface area contributed by atoms with E-state index in [1.54, 1.807) is 6.20 Å². The number of aryl methyl sites for hydroxylation is 3. The van der Waals surface area contributed by atoms with E-state index in [-0.39, 0.29) is 5.91 Å². The van der Waals surface area contributed by atoms with Crippen LogP contribution in [0.1, 0.15) is 25.0 Å². The Balaban J connectivity index is 2.04. The molecule has 2 rings (SSSR count). The molecule has 112 valence electrons. The normalized spacial score (nSPS) is 10.6. The molecule has 0 unspecified atom stereocenters. The van der Waals surface area contributed by atoms with Crippen molar-refractivity contribution in [3.8, 4) is 0 Å². The molecule has 0 aliphatic rings. The number of anilines is 1. The van der Waals surface area contributed by atoms with E-state index in [0.717, 1.165) is 23.7 Å². The summed E-state index contributed by atoms with van der Waals surface area (Å²) in [5.74, 6) is 0.380. The maximum atomic E-state index is 12.2. The topological polar surface area (TPSA) is 46.9 Å². The molecule has 1 aromatic carbocycles. The van der Waals surface area contributed by atoms with E-state index in [1.807, 2.05) is 17.8 Å². The maximum Gasteiger partial charge on any atom is 0.234 e. The summed E-state index contributed by atoms with van der Waals surface area (Å²) >= 11 is 1.45. The molecule has 0 aliphatic carbocycles. The highest BCUT2D eigenvalue weighted by atomic mass is 32.2. The zero-order chi connectivity index (χ0) is 15.2. The summed E-state index contributed by atoms with van der Waals surface area (Å²) in [5.41, 5.74) is 3.35. The molecule has 0 radical (unpaired) electrons. The molecule has 5 heteroatoms. The first-order valence-corrected chi connectivity index (χ1v) is 8.15. The highest BCUT2D eigenvalue weighted by Gasteiger charge is 2.11. The van der Waals surface area contributed by atoms with Gasteiger partial charge in [0.1, 0.15) is 0 Å². The number of aromatic nitrogens is 2. The smallest absolute Gasteiger partial charge is 0.234 e. The van der Waals surface area contributed by atoms with E-state index in [4.69, 9.17) is 0 Å². The first kappa shape index (κ1) is 15.6. The van der Waals surface area contributed by atoms with Crippen LogP contribution in [0.5, 0.6) is 0 Å². The monoisotopic (exact) mass is 303 g/mol. The van der Waals surface area contributed by atoms with Crippen molar-refractivity contribution in [1.29, 1.82) is 0 Å². The van der Waals surface area contributed by atoms with E-state index < -0.39 is 0 Å². The molecular formula is C16H21N3OS. The van der Waals surface area contributed by atoms with Gasteiger partial charge in [0.05, 0.1) is 5.75 Å². The molecule has 0 saturated carbocycles. The van der Waals surface area contributed by atoms with Gasteiger partial charge in [-0.25, -0.2) is 4.98 Å². The number of amides is 1. The second-order valence-corrected chi connectivity index (χ2v) is 5.76. The quantitative estimate of drug-likeness (QED) is 0.833. The summed E-state index contributed by atoms with van der Waals surface area (Å²) in [6, 6.07) is 6.19. The van der Waals surface area contributed by atoms with Gasteiger partial charge in [-0.1, -0.05) is 43.8 Å². The average Bonchev–Trinajstić information content (AvgIpc) is 2.90. The van der Waals surface area contributed by atoms with Crippen LogP contribution in [0.2, 0.25) is 0 Å². The number of carbonyl (C=O) groups excluding carboxylic acids is 1. The van der Waals surface area contributed by atoms with Gasteiger partial charge in [-0.3, -0.25) is 4.79 Å². The predicted octanol–water partition coefficient (Wildman–Crippen LogP) is 3.28. The summed E-state index contributed by atoms with van der Waals surface area (Å²) in [4.78, 5) is 16.4. The predicted molar refractivity (Wildman–Crippen MR) is 87.8 cm³/mol. The number of hydrogen-bond donors (Lipinski definition) is 1. The molecule has 0 spiro atoms. The molecular weight excluding hydrogens is 282 g/mol. The number of imidazole rings is 1. The fourth-order valence-corrected chi connectivity index (χ4v) is 2.93. The lowest BCUT2D eigenvalue weighted by Crippen LogP contribution is -2.17. The highest BCUT2D eigenvalue weighted by Crippen LogP contribution is 2.23. The van der Waals surface area contributed by atoms with E-state index in [1.165, 1.54) is 22.9 Å². The van der Waals surface area contributed by atoms with Crippen LogP contribution in [0.4, 0.5) is 5.69 Å². The molecule has 0 saturated heterocycles. The summed E-state index contributed by atoms with van der Waals surface area (Å²) in [6.07, 6.45) is 5.44. The van der Waals surface area contributed by atoms with Crippen molar-refractivity contribution in [2.45, 2.75) is 31.8 Å². The average molecular weight is 303 g/mol. The SMILES string of the molecule is CCc1cccc(CC)c1NC(=O)CSc1nccn1C. The van der Waals surface area contributed by atoms with Gasteiger partial charge in [0.25, 0.3) is 0 Å². The molecule has 0 fully saturated rings. The molecule has 2 aromatic rings. The molecule has 1 heterocycles. The van der Waals surface area contributed by atoms with Crippen molar-refractivity contribution < 1.29 is 4.79 Å². The van der Waals surface area contributed by atoms with Crippen molar-refractivity contribution in [1.82, 2.24) is 9.55 Å². The fourth-order valence-electron chi connectivity index (χ4n) is 2.20. The summed E-state index contributed by atoms with van der Waals surface area (Å²) in [7, 11) is 1.93. The third-order valence-corrected chi connectivity index (χ3v) is 4.43. The first-order chi connectivity index (χ1) is 10.2. The minimum Gasteiger partial charge on any atom is -0.329 e. The summed E-state index contributed by atoms with van der Waals surface area (Å²) in [6.45, 7) is 4.21. The summed E-state index contributed by atoms with van der Waals surface area (Å²) < 4.78 is 1.91. The van der Waals surface area contributed by atoms with Gasteiger partial charge < -0.3 is 9.88 Å². The third kappa shape index (κ3) is 3.88. The highest BCUT2D eigenvalue weighted by molar-refractivity contribution is 7.99. The van der Waals surface area contributed by atoms with E-state index in [0.29, 0.717) is 5.75 Å². The zero-order valence-electron chi connectivity index (χ0n) is 12.7. The van der Waals surface area contributed by atoms with Gasteiger partial charge in [0.2, 0.25) is 5.91 Å². The van der Waals surface area contributed by atoms with Crippen LogP contribution in [0, 0.1) is 0 Å². The van der Waals surface area contributed by atoms with Gasteiger partial charge in [0.15, 0.2) is 5.16 Å². The van der Waals surface area contributed by atoms with Crippen molar-refractivity contribution in [2.75, 3.05) is 11.1 Å². The number of hydrogen-bond acceptors (Lipinski definition) is 3. The Labute approximate surface area is 130 Å². The number of rotatable bonds is 6. The number of nitrogens with one attached hydrogen (secondary N) is 1. The van der Waals surface area contributed by atoms with Gasteiger partial charge in [-0.05, 0) is 24.0 Å². The number of thioether (sulfide) groups is 1. The lowest BCUT2D eigenvalue weighted by Gasteiger charge is -2.14. The van der Waals surface area contributed by atoms with E-state index in [9.17, 15) is 4.79 Å². The number of para-hydroxylation sites is 1. The summed E-state index contributed by atoms with van der Waals surface area (Å²) in [5, 5.41) is 3.92. The Kier molecular flexibility index (Phi) is 5.44. The largest absolute Gasteiger partial charge is 0.329 e. The number of carbonyl (C=O) groups is 1. The molecule has 0 bridgehead atoms. The number of nitrogens with zero attached hydrogens (tertiary/aromatic N) is 2. The minimum absolute atomic E-state index is 0.0126. The van der Waals surface area contributed by atoms with Gasteiger partial charge in [-0.15, -0.1) is 0 Å². The molecule has 4 nitrogen and oxygen atoms in total. The van der Waals surface area contributed by atoms with Crippen molar-refractivity contribution in [3.05, 3.63) is 41.7 Å². The molecule has 21 heavy (non-hydrogen) atoms. The van der Waals surface area contributed by atoms with Gasteiger partial charge >= 0.3 is 0 Å². The standard InChI is InChI=1S/C16H21N3OS/c1-4-12-7-6-8-13(5-2)15(12)18-14(20)11-21-16-17-9-10-19(16)3/h6-10H,4-5,11H2,1-3H3,(H,18,20). The van der Waals surface area contributed by atoms with E-state index in [2.05, 4.69) is 42.3 Å². The lowest BCUT2D eigenvalue weighted by atomic mass is 10.0. The second-order valence-electron chi connectivity index (χ2n) is 4.82. The fraction of sp³-hybridized carbons (Fsp3) is 0.375. The second kappa shape index (κ2) is 7.31. The first-order valence-electron chi connectivity index (χ1n) is 7.16. The molecule has 1 N–H and O–H groups in total. The van der Waals surface area contributed by atoms with Crippen molar-refractivity contribution in [3.63, 3.8) is 0 Å². The Morgan fingerprint density at radius 2 is 1.95 bits per heavy atom. The zero-order valence-corrected chi connectivity index (χ0v) is 13.5. The Bertz CT molecular complexity index is 599. The van der Waals surface area contributed by atoms with Crippen LogP contribution in [-0.4, -0.2) is 21.2 Å². The van der Waals surface area contributed by atoms with Crippen LogP contribution in [0.15, 0.2) is 35.7 Å². The van der Waals surface area contributed by atoms with Crippen LogP contribution >= 0.6 is 11.8 Å². The number of benzene rings is 1. The van der Waals surface area contributed by atoms with Crippen LogP contribution in [0.3, 0.4) is 0 Å². The molecule has 0 atom stereocenters. The van der Waals surface area contributed by atoms with Gasteiger partial charge in [-0.2, -0.15) is 0 Å².